The van der Waals surface area contributed by atoms with Crippen LogP contribution >= 0.6 is 23.4 Å². The maximum absolute atomic E-state index is 11.9. The number of benzene rings is 2. The fraction of sp³-hybridized carbons (Fsp3) is 0.133. The largest absolute Gasteiger partial charge is 0.399 e. The van der Waals surface area contributed by atoms with E-state index in [1.807, 2.05) is 37.3 Å². The number of nitrogen functional groups attached to an aromatic ring is 1. The van der Waals surface area contributed by atoms with Crippen molar-refractivity contribution in [1.29, 1.82) is 0 Å². The molecule has 0 aromatic heterocycles. The van der Waals surface area contributed by atoms with Gasteiger partial charge in [-0.05, 0) is 42.8 Å². The number of hydrogen-bond donors (Lipinski definition) is 2. The Morgan fingerprint density at radius 2 is 2.05 bits per heavy atom. The minimum absolute atomic E-state index is 0.0856. The molecule has 0 atom stereocenters. The molecule has 20 heavy (non-hydrogen) atoms. The van der Waals surface area contributed by atoms with Crippen LogP contribution in [0.1, 0.15) is 5.56 Å². The summed E-state index contributed by atoms with van der Waals surface area (Å²) in [6.45, 7) is 1.95. The number of nitrogens with one attached hydrogen (secondary N) is 1. The molecule has 0 aliphatic carbocycles. The van der Waals surface area contributed by atoms with Crippen LogP contribution in [0.2, 0.25) is 5.02 Å². The molecule has 0 spiro atoms. The van der Waals surface area contributed by atoms with Gasteiger partial charge in [-0.1, -0.05) is 23.7 Å². The minimum atomic E-state index is -0.0856. The lowest BCUT2D eigenvalue weighted by atomic mass is 10.2. The van der Waals surface area contributed by atoms with Crippen molar-refractivity contribution in [3.8, 4) is 0 Å². The first-order valence-corrected chi connectivity index (χ1v) is 7.46. The predicted octanol–water partition coefficient (Wildman–Crippen LogP) is 3.96. The first-order valence-electron chi connectivity index (χ1n) is 6.09. The summed E-state index contributed by atoms with van der Waals surface area (Å²) >= 11 is 7.45. The van der Waals surface area contributed by atoms with Crippen molar-refractivity contribution in [2.24, 2.45) is 0 Å². The van der Waals surface area contributed by atoms with Gasteiger partial charge < -0.3 is 11.1 Å². The number of amides is 1. The molecule has 2 aromatic carbocycles. The van der Waals surface area contributed by atoms with Crippen LogP contribution in [-0.2, 0) is 4.79 Å². The number of carbonyl (C=O) groups excluding carboxylic acids is 1. The smallest absolute Gasteiger partial charge is 0.234 e. The molecule has 0 heterocycles. The second-order valence-electron chi connectivity index (χ2n) is 4.34. The predicted molar refractivity (Wildman–Crippen MR) is 86.4 cm³/mol. The number of aryl methyl sites for hydroxylation is 1. The van der Waals surface area contributed by atoms with Crippen LogP contribution in [0.25, 0.3) is 0 Å². The van der Waals surface area contributed by atoms with Gasteiger partial charge in [-0.2, -0.15) is 0 Å². The topological polar surface area (TPSA) is 55.1 Å². The molecule has 0 aliphatic heterocycles. The molecular formula is C15H15ClN2OS. The number of carbonyl (C=O) groups is 1. The third kappa shape index (κ3) is 3.92. The zero-order chi connectivity index (χ0) is 14.5. The summed E-state index contributed by atoms with van der Waals surface area (Å²) in [7, 11) is 0. The fourth-order valence-corrected chi connectivity index (χ4v) is 2.61. The molecule has 5 heteroatoms. The maximum Gasteiger partial charge on any atom is 0.234 e. The van der Waals surface area contributed by atoms with Gasteiger partial charge in [-0.15, -0.1) is 11.8 Å². The van der Waals surface area contributed by atoms with E-state index in [9.17, 15) is 4.79 Å². The lowest BCUT2D eigenvalue weighted by Gasteiger charge is -2.07. The van der Waals surface area contributed by atoms with Crippen LogP contribution in [0.5, 0.6) is 0 Å². The quantitative estimate of drug-likeness (QED) is 0.664. The van der Waals surface area contributed by atoms with Crippen molar-refractivity contribution in [2.45, 2.75) is 11.8 Å². The molecule has 2 rings (SSSR count). The second-order valence-corrected chi connectivity index (χ2v) is 5.79. The van der Waals surface area contributed by atoms with Gasteiger partial charge in [0.2, 0.25) is 5.91 Å². The molecule has 0 saturated carbocycles. The number of para-hydroxylation sites is 1. The van der Waals surface area contributed by atoms with Crippen LogP contribution in [0.15, 0.2) is 47.4 Å². The van der Waals surface area contributed by atoms with Crippen molar-refractivity contribution in [3.05, 3.63) is 53.1 Å². The molecule has 104 valence electrons. The van der Waals surface area contributed by atoms with Crippen molar-refractivity contribution in [3.63, 3.8) is 0 Å². The number of hydrogen-bond acceptors (Lipinski definition) is 3. The van der Waals surface area contributed by atoms with Crippen LogP contribution in [0, 0.1) is 6.92 Å². The van der Waals surface area contributed by atoms with E-state index >= 15 is 0 Å². The number of thioether (sulfide) groups is 1. The van der Waals surface area contributed by atoms with Gasteiger partial charge in [-0.25, -0.2) is 0 Å². The van der Waals surface area contributed by atoms with Crippen molar-refractivity contribution in [2.75, 3.05) is 16.8 Å². The van der Waals surface area contributed by atoms with E-state index in [0.29, 0.717) is 16.5 Å². The van der Waals surface area contributed by atoms with Gasteiger partial charge in [0.25, 0.3) is 0 Å². The second kappa shape index (κ2) is 6.68. The Bertz CT molecular complexity index is 631. The van der Waals surface area contributed by atoms with Crippen LogP contribution in [-0.4, -0.2) is 11.7 Å². The van der Waals surface area contributed by atoms with Crippen molar-refractivity contribution in [1.82, 2.24) is 0 Å². The van der Waals surface area contributed by atoms with Gasteiger partial charge in [0.15, 0.2) is 0 Å². The molecule has 0 fully saturated rings. The lowest BCUT2D eigenvalue weighted by Crippen LogP contribution is -2.14. The maximum atomic E-state index is 11.9. The van der Waals surface area contributed by atoms with Gasteiger partial charge in [0.05, 0.1) is 16.5 Å². The van der Waals surface area contributed by atoms with E-state index in [-0.39, 0.29) is 5.91 Å². The Kier molecular flexibility index (Phi) is 4.93. The number of halogens is 1. The van der Waals surface area contributed by atoms with Crippen LogP contribution in [0.3, 0.4) is 0 Å². The van der Waals surface area contributed by atoms with E-state index in [1.54, 1.807) is 12.1 Å². The molecular weight excluding hydrogens is 292 g/mol. The standard InChI is InChI=1S/C15H15ClN2OS/c1-10-8-11(6-7-13(10)17)20-9-15(19)18-14-5-3-2-4-12(14)16/h2-8H,9,17H2,1H3,(H,18,19). The highest BCUT2D eigenvalue weighted by Gasteiger charge is 2.06. The molecule has 0 bridgehead atoms. The Morgan fingerprint density at radius 3 is 2.75 bits per heavy atom. The summed E-state index contributed by atoms with van der Waals surface area (Å²) in [5, 5.41) is 3.33. The Morgan fingerprint density at radius 1 is 1.30 bits per heavy atom. The molecule has 0 unspecified atom stereocenters. The van der Waals surface area contributed by atoms with Gasteiger partial charge >= 0.3 is 0 Å². The van der Waals surface area contributed by atoms with Gasteiger partial charge in [-0.3, -0.25) is 4.79 Å². The summed E-state index contributed by atoms with van der Waals surface area (Å²) in [6.07, 6.45) is 0. The molecule has 3 nitrogen and oxygen atoms in total. The van der Waals surface area contributed by atoms with Crippen LogP contribution in [0.4, 0.5) is 11.4 Å². The zero-order valence-corrected chi connectivity index (χ0v) is 12.6. The zero-order valence-electron chi connectivity index (χ0n) is 11.0. The fourth-order valence-electron chi connectivity index (χ4n) is 1.64. The summed E-state index contributed by atoms with van der Waals surface area (Å²) < 4.78 is 0. The van der Waals surface area contributed by atoms with Gasteiger partial charge in [0.1, 0.15) is 0 Å². The molecule has 2 aromatic rings. The highest BCUT2D eigenvalue weighted by atomic mass is 35.5. The summed E-state index contributed by atoms with van der Waals surface area (Å²) in [5.74, 6) is 0.242. The minimum Gasteiger partial charge on any atom is -0.399 e. The van der Waals surface area contributed by atoms with Gasteiger partial charge in [0, 0.05) is 10.6 Å². The molecule has 0 saturated heterocycles. The highest BCUT2D eigenvalue weighted by molar-refractivity contribution is 8.00. The Hall–Kier alpha value is -1.65. The van der Waals surface area contributed by atoms with Crippen LogP contribution < -0.4 is 11.1 Å². The average molecular weight is 307 g/mol. The van der Waals surface area contributed by atoms with E-state index < -0.39 is 0 Å². The number of nitrogens with two attached hydrogens (primary N) is 1. The normalized spacial score (nSPS) is 10.3. The molecule has 3 N–H and O–H groups in total. The van der Waals surface area contributed by atoms with Crippen molar-refractivity contribution < 1.29 is 4.79 Å². The average Bonchev–Trinajstić information content (AvgIpc) is 2.43. The third-order valence-corrected chi connectivity index (χ3v) is 4.08. The first kappa shape index (κ1) is 14.8. The van der Waals surface area contributed by atoms with Crippen molar-refractivity contribution >= 4 is 40.6 Å². The van der Waals surface area contributed by atoms with E-state index in [4.69, 9.17) is 17.3 Å². The highest BCUT2D eigenvalue weighted by Crippen LogP contribution is 2.24. The molecule has 0 radical (unpaired) electrons. The molecule has 1 amide bonds. The summed E-state index contributed by atoms with van der Waals surface area (Å²) in [4.78, 5) is 12.9. The Balaban J connectivity index is 1.92. The summed E-state index contributed by atoms with van der Waals surface area (Å²) in [6, 6.07) is 12.9. The molecule has 0 aliphatic rings. The summed E-state index contributed by atoms with van der Waals surface area (Å²) in [5.41, 5.74) is 8.17. The van der Waals surface area contributed by atoms with E-state index in [1.165, 1.54) is 11.8 Å². The number of anilines is 2. The third-order valence-electron chi connectivity index (χ3n) is 2.76. The Labute approximate surface area is 127 Å². The monoisotopic (exact) mass is 306 g/mol. The number of rotatable bonds is 4. The lowest BCUT2D eigenvalue weighted by molar-refractivity contribution is -0.113. The van der Waals surface area contributed by atoms with E-state index in [0.717, 1.165) is 16.1 Å². The first-order chi connectivity index (χ1) is 9.56. The van der Waals surface area contributed by atoms with E-state index in [2.05, 4.69) is 5.32 Å². The SMILES string of the molecule is Cc1cc(SCC(=O)Nc2ccccc2Cl)ccc1N.